The lowest BCUT2D eigenvalue weighted by molar-refractivity contribution is 0.0652. The minimum absolute atomic E-state index is 0.109. The molecule has 1 aromatic rings. The van der Waals surface area contributed by atoms with Crippen molar-refractivity contribution in [3.05, 3.63) is 41.3 Å². The number of fused-ring (bicyclic) bond motifs is 1. The fourth-order valence-corrected chi connectivity index (χ4v) is 4.14. The molecule has 2 aliphatic rings. The molecule has 2 aliphatic heterocycles. The van der Waals surface area contributed by atoms with Gasteiger partial charge in [0.15, 0.2) is 9.84 Å². The smallest absolute Gasteiger partial charge is 0.173 e. The summed E-state index contributed by atoms with van der Waals surface area (Å²) in [5, 5.41) is 4.75. The van der Waals surface area contributed by atoms with Gasteiger partial charge in [0.05, 0.1) is 5.75 Å². The number of nitrogens with one attached hydrogen (secondary N) is 1. The van der Waals surface area contributed by atoms with E-state index < -0.39 is 9.84 Å². The van der Waals surface area contributed by atoms with Gasteiger partial charge in [-0.25, -0.2) is 8.42 Å². The van der Waals surface area contributed by atoms with Gasteiger partial charge in [-0.05, 0) is 19.9 Å². The van der Waals surface area contributed by atoms with Crippen LogP contribution in [0.4, 0.5) is 0 Å². The van der Waals surface area contributed by atoms with E-state index in [1.807, 2.05) is 24.3 Å². The lowest BCUT2D eigenvalue weighted by Gasteiger charge is -2.38. The van der Waals surface area contributed by atoms with E-state index in [1.54, 1.807) is 6.08 Å². The molecule has 0 radical (unpaired) electrons. The Balaban J connectivity index is 1.85. The highest BCUT2D eigenvalue weighted by Gasteiger charge is 2.35. The van der Waals surface area contributed by atoms with Crippen molar-refractivity contribution in [3.63, 3.8) is 0 Å². The van der Waals surface area contributed by atoms with Crippen LogP contribution in [0.15, 0.2) is 35.7 Å². The Morgan fingerprint density at radius 1 is 1.30 bits per heavy atom. The lowest BCUT2D eigenvalue weighted by Crippen LogP contribution is -2.43. The molecular weight excluding hydrogens is 274 g/mol. The zero-order valence-corrected chi connectivity index (χ0v) is 12.5. The summed E-state index contributed by atoms with van der Waals surface area (Å²) < 4.78 is 29.0. The first kappa shape index (κ1) is 13.6. The number of hydrogen-bond acceptors (Lipinski definition) is 4. The van der Waals surface area contributed by atoms with Gasteiger partial charge >= 0.3 is 0 Å². The zero-order chi connectivity index (χ0) is 14.4. The summed E-state index contributed by atoms with van der Waals surface area (Å²) in [5.74, 6) is 1.03. The number of sulfone groups is 1. The molecule has 2 unspecified atom stereocenters. The van der Waals surface area contributed by atoms with Crippen LogP contribution in [0, 0.1) is 0 Å². The summed E-state index contributed by atoms with van der Waals surface area (Å²) in [6.07, 6.45) is 2.55. The van der Waals surface area contributed by atoms with Gasteiger partial charge in [-0.2, -0.15) is 0 Å². The summed E-state index contributed by atoms with van der Waals surface area (Å²) in [4.78, 5) is 0. The third kappa shape index (κ3) is 2.74. The van der Waals surface area contributed by atoms with E-state index in [0.29, 0.717) is 0 Å². The summed E-state index contributed by atoms with van der Waals surface area (Å²) in [6.45, 7) is 4.11. The second kappa shape index (κ2) is 4.60. The van der Waals surface area contributed by atoms with Crippen molar-refractivity contribution in [2.45, 2.75) is 38.0 Å². The molecule has 0 bridgehead atoms. The predicted octanol–water partition coefficient (Wildman–Crippen LogP) is 2.19. The Morgan fingerprint density at radius 3 is 2.75 bits per heavy atom. The predicted molar refractivity (Wildman–Crippen MR) is 78.4 cm³/mol. The Labute approximate surface area is 119 Å². The van der Waals surface area contributed by atoms with Crippen LogP contribution in [0.5, 0.6) is 5.75 Å². The van der Waals surface area contributed by atoms with E-state index in [1.165, 1.54) is 5.41 Å². The van der Waals surface area contributed by atoms with Gasteiger partial charge in [-0.1, -0.05) is 24.3 Å². The summed E-state index contributed by atoms with van der Waals surface area (Å²) in [7, 11) is -3.03. The van der Waals surface area contributed by atoms with Crippen LogP contribution < -0.4 is 10.1 Å². The normalized spacial score (nSPS) is 29.7. The van der Waals surface area contributed by atoms with Crippen LogP contribution in [0.1, 0.15) is 31.9 Å². The summed E-state index contributed by atoms with van der Waals surface area (Å²) in [5.41, 5.74) is 0.845. The minimum atomic E-state index is -3.03. The Kier molecular flexibility index (Phi) is 3.14. The van der Waals surface area contributed by atoms with Gasteiger partial charge in [0.1, 0.15) is 11.4 Å². The lowest BCUT2D eigenvalue weighted by atomic mass is 9.89. The van der Waals surface area contributed by atoms with Crippen LogP contribution in [0.3, 0.4) is 0 Å². The molecule has 1 aromatic carbocycles. The van der Waals surface area contributed by atoms with Crippen LogP contribution in [0.2, 0.25) is 0 Å². The van der Waals surface area contributed by atoms with E-state index in [0.717, 1.165) is 17.7 Å². The van der Waals surface area contributed by atoms with E-state index >= 15 is 0 Å². The number of para-hydroxylation sites is 1. The molecule has 2 atom stereocenters. The monoisotopic (exact) mass is 293 g/mol. The van der Waals surface area contributed by atoms with Gasteiger partial charge < -0.3 is 10.1 Å². The van der Waals surface area contributed by atoms with Gasteiger partial charge in [-0.3, -0.25) is 0 Å². The van der Waals surface area contributed by atoms with E-state index in [2.05, 4.69) is 19.2 Å². The van der Waals surface area contributed by atoms with Crippen molar-refractivity contribution in [3.8, 4) is 5.75 Å². The van der Waals surface area contributed by atoms with Crippen molar-refractivity contribution in [2.24, 2.45) is 0 Å². The maximum absolute atomic E-state index is 11.5. The fourth-order valence-electron chi connectivity index (χ4n) is 2.89. The Hall–Kier alpha value is -1.33. The highest BCUT2D eigenvalue weighted by Crippen LogP contribution is 2.39. The number of rotatable bonds is 2. The molecule has 0 aromatic heterocycles. The summed E-state index contributed by atoms with van der Waals surface area (Å²) in [6, 6.07) is 7.93. The van der Waals surface area contributed by atoms with Crippen LogP contribution in [-0.2, 0) is 9.84 Å². The third-order valence-corrected chi connectivity index (χ3v) is 5.12. The highest BCUT2D eigenvalue weighted by atomic mass is 32.2. The second-order valence-corrected chi connectivity index (χ2v) is 8.02. The van der Waals surface area contributed by atoms with Crippen LogP contribution in [0.25, 0.3) is 0 Å². The molecule has 0 fully saturated rings. The fraction of sp³-hybridized carbons (Fsp3) is 0.467. The van der Waals surface area contributed by atoms with E-state index in [-0.39, 0.29) is 23.4 Å². The maximum Gasteiger partial charge on any atom is 0.173 e. The van der Waals surface area contributed by atoms with Gasteiger partial charge in [0.25, 0.3) is 0 Å². The van der Waals surface area contributed by atoms with Gasteiger partial charge in [0, 0.05) is 29.5 Å². The molecule has 0 spiro atoms. The first-order valence-electron chi connectivity index (χ1n) is 6.80. The van der Waals surface area contributed by atoms with Crippen molar-refractivity contribution < 1.29 is 13.2 Å². The molecule has 0 aliphatic carbocycles. The topological polar surface area (TPSA) is 55.4 Å². The van der Waals surface area contributed by atoms with Crippen molar-refractivity contribution in [1.82, 2.24) is 5.32 Å². The first-order chi connectivity index (χ1) is 9.35. The second-order valence-electron chi connectivity index (χ2n) is 6.09. The van der Waals surface area contributed by atoms with E-state index in [9.17, 15) is 8.42 Å². The average molecular weight is 293 g/mol. The van der Waals surface area contributed by atoms with E-state index in [4.69, 9.17) is 4.74 Å². The summed E-state index contributed by atoms with van der Waals surface area (Å²) >= 11 is 0. The number of benzene rings is 1. The molecule has 108 valence electrons. The van der Waals surface area contributed by atoms with Gasteiger partial charge in [-0.15, -0.1) is 0 Å². The molecule has 3 rings (SSSR count). The molecular formula is C15H19NO3S. The van der Waals surface area contributed by atoms with Crippen LogP contribution >= 0.6 is 0 Å². The molecule has 0 saturated carbocycles. The highest BCUT2D eigenvalue weighted by molar-refractivity contribution is 7.94. The molecule has 0 saturated heterocycles. The standard InChI is InChI=1S/C15H19NO3S/c1-15(2)9-13(12-5-3-4-6-14(12)19-15)16-11-7-8-20(17,18)10-11/h3-8,11,13,16H,9-10H2,1-2H3. The SMILES string of the molecule is CC1(C)CC(NC2C=CS(=O)(=O)C2)c2ccccc2O1. The third-order valence-electron chi connectivity index (χ3n) is 3.72. The van der Waals surface area contributed by atoms with Crippen LogP contribution in [-0.4, -0.2) is 25.8 Å². The van der Waals surface area contributed by atoms with Crippen molar-refractivity contribution >= 4 is 9.84 Å². The molecule has 5 heteroatoms. The zero-order valence-electron chi connectivity index (χ0n) is 11.7. The maximum atomic E-state index is 11.5. The van der Waals surface area contributed by atoms with Gasteiger partial charge in [0.2, 0.25) is 0 Å². The van der Waals surface area contributed by atoms with Crippen molar-refractivity contribution in [1.29, 1.82) is 0 Å². The quantitative estimate of drug-likeness (QED) is 0.908. The number of hydrogen-bond donors (Lipinski definition) is 1. The average Bonchev–Trinajstić information content (AvgIpc) is 2.67. The Bertz CT molecular complexity index is 649. The molecule has 4 nitrogen and oxygen atoms in total. The molecule has 2 heterocycles. The molecule has 1 N–H and O–H groups in total. The Morgan fingerprint density at radius 2 is 2.05 bits per heavy atom. The molecule has 0 amide bonds. The minimum Gasteiger partial charge on any atom is -0.487 e. The largest absolute Gasteiger partial charge is 0.487 e. The first-order valence-corrected chi connectivity index (χ1v) is 8.51. The number of ether oxygens (including phenoxy) is 1. The van der Waals surface area contributed by atoms with Crippen molar-refractivity contribution in [2.75, 3.05) is 5.75 Å². The molecule has 20 heavy (non-hydrogen) atoms.